The highest BCUT2D eigenvalue weighted by Crippen LogP contribution is 2.19. The van der Waals surface area contributed by atoms with E-state index in [0.29, 0.717) is 5.92 Å². The lowest BCUT2D eigenvalue weighted by atomic mass is 9.93. The lowest BCUT2D eigenvalue weighted by Gasteiger charge is -2.13. The van der Waals surface area contributed by atoms with Gasteiger partial charge in [-0.2, -0.15) is 0 Å². The zero-order chi connectivity index (χ0) is 10.1. The molecule has 0 aliphatic rings. The van der Waals surface area contributed by atoms with Crippen molar-refractivity contribution in [1.29, 1.82) is 0 Å². The minimum atomic E-state index is 0.632. The van der Waals surface area contributed by atoms with Crippen molar-refractivity contribution in [2.45, 2.75) is 58.8 Å². The summed E-state index contributed by atoms with van der Waals surface area (Å²) in [6.45, 7) is 12.4. The average Bonchev–Trinajstić information content (AvgIpc) is 2.10. The molecule has 0 heteroatoms. The monoisotopic (exact) mass is 182 g/mol. The van der Waals surface area contributed by atoms with Crippen molar-refractivity contribution in [1.82, 2.24) is 0 Å². The predicted molar refractivity (Wildman–Crippen MR) is 61.4 cm³/mol. The minimum absolute atomic E-state index is 0.632. The first-order chi connectivity index (χ1) is 6.20. The van der Waals surface area contributed by atoms with E-state index in [1.165, 1.54) is 38.5 Å². The maximum Gasteiger partial charge on any atom is -0.0417 e. The lowest BCUT2D eigenvalue weighted by Crippen LogP contribution is -1.98. The zero-order valence-electron chi connectivity index (χ0n) is 9.52. The summed E-state index contributed by atoms with van der Waals surface area (Å²) in [7, 11) is 0. The maximum absolute atomic E-state index is 4.00. The van der Waals surface area contributed by atoms with Crippen LogP contribution < -0.4 is 0 Å². The molecule has 0 rings (SSSR count). The first-order valence-corrected chi connectivity index (χ1v) is 5.83. The van der Waals surface area contributed by atoms with E-state index in [1.54, 1.807) is 0 Å². The van der Waals surface area contributed by atoms with Crippen molar-refractivity contribution in [3.63, 3.8) is 0 Å². The van der Waals surface area contributed by atoms with Crippen LogP contribution in [-0.2, 0) is 0 Å². The van der Waals surface area contributed by atoms with Crippen LogP contribution >= 0.6 is 0 Å². The van der Waals surface area contributed by atoms with E-state index < -0.39 is 0 Å². The topological polar surface area (TPSA) is 0 Å². The Labute approximate surface area is 85.1 Å². The van der Waals surface area contributed by atoms with Crippen LogP contribution in [0.5, 0.6) is 0 Å². The van der Waals surface area contributed by atoms with E-state index in [9.17, 15) is 0 Å². The predicted octanol–water partition coefficient (Wildman–Crippen LogP) is 4.66. The average molecular weight is 182 g/mol. The normalized spacial score (nSPS) is 13.6. The van der Waals surface area contributed by atoms with Gasteiger partial charge in [0.25, 0.3) is 0 Å². The van der Waals surface area contributed by atoms with Crippen LogP contribution in [0.3, 0.4) is 0 Å². The molecule has 0 nitrogen and oxygen atoms in total. The van der Waals surface area contributed by atoms with Crippen LogP contribution in [-0.4, -0.2) is 0 Å². The molecule has 0 aliphatic carbocycles. The lowest BCUT2D eigenvalue weighted by molar-refractivity contribution is 0.410. The van der Waals surface area contributed by atoms with Crippen molar-refractivity contribution in [2.24, 2.45) is 11.8 Å². The molecule has 0 spiro atoms. The van der Waals surface area contributed by atoms with Crippen molar-refractivity contribution in [2.75, 3.05) is 0 Å². The van der Waals surface area contributed by atoms with E-state index in [2.05, 4.69) is 27.7 Å². The van der Waals surface area contributed by atoms with E-state index in [0.717, 1.165) is 12.3 Å². The molecule has 0 saturated carbocycles. The summed E-state index contributed by atoms with van der Waals surface area (Å²) in [5.41, 5.74) is 0. The van der Waals surface area contributed by atoms with Crippen LogP contribution in [0.4, 0.5) is 0 Å². The smallest absolute Gasteiger partial charge is 0.0417 e. The van der Waals surface area contributed by atoms with Gasteiger partial charge in [0, 0.05) is 0 Å². The molecule has 2 radical (unpaired) electrons. The van der Waals surface area contributed by atoms with Gasteiger partial charge in [-0.25, -0.2) is 0 Å². The molecule has 0 fully saturated rings. The fraction of sp³-hybridized carbons (Fsp3) is 0.846. The third-order valence-corrected chi connectivity index (χ3v) is 2.75. The Morgan fingerprint density at radius 1 is 1.08 bits per heavy atom. The highest BCUT2D eigenvalue weighted by Gasteiger charge is 2.04. The summed E-state index contributed by atoms with van der Waals surface area (Å²) >= 11 is 0. The fourth-order valence-electron chi connectivity index (χ4n) is 1.77. The highest BCUT2D eigenvalue weighted by molar-refractivity contribution is 4.60. The SMILES string of the molecule is [CH2]CCC(CC)CCCCC([CH2])C. The van der Waals surface area contributed by atoms with Crippen LogP contribution in [0.15, 0.2) is 0 Å². The summed E-state index contributed by atoms with van der Waals surface area (Å²) in [5.74, 6) is 1.56. The number of hydrogen-bond donors (Lipinski definition) is 0. The molecular formula is C13H26. The Hall–Kier alpha value is 0. The Balaban J connectivity index is 3.27. The molecule has 0 heterocycles. The van der Waals surface area contributed by atoms with E-state index in [4.69, 9.17) is 0 Å². The molecular weight excluding hydrogens is 156 g/mol. The number of unbranched alkanes of at least 4 members (excludes halogenated alkanes) is 1. The molecule has 2 unspecified atom stereocenters. The number of rotatable bonds is 8. The van der Waals surface area contributed by atoms with Crippen LogP contribution in [0.1, 0.15) is 58.8 Å². The summed E-state index contributed by atoms with van der Waals surface area (Å²) < 4.78 is 0. The van der Waals surface area contributed by atoms with E-state index in [-0.39, 0.29) is 0 Å². The van der Waals surface area contributed by atoms with Crippen LogP contribution in [0.25, 0.3) is 0 Å². The molecule has 0 bridgehead atoms. The van der Waals surface area contributed by atoms with E-state index >= 15 is 0 Å². The minimum Gasteiger partial charge on any atom is -0.0651 e. The summed E-state index contributed by atoms with van der Waals surface area (Å²) in [5, 5.41) is 0. The van der Waals surface area contributed by atoms with Gasteiger partial charge >= 0.3 is 0 Å². The van der Waals surface area contributed by atoms with Crippen molar-refractivity contribution in [3.05, 3.63) is 13.8 Å². The molecule has 0 aromatic carbocycles. The highest BCUT2D eigenvalue weighted by atomic mass is 14.1. The first kappa shape index (κ1) is 13.0. The standard InChI is InChI=1S/C13H26/c1-5-9-13(6-2)11-8-7-10-12(3)4/h12-13H,1,3,5-11H2,2,4H3. The first-order valence-electron chi connectivity index (χ1n) is 5.83. The Kier molecular flexibility index (Phi) is 8.59. The molecule has 0 N–H and O–H groups in total. The van der Waals surface area contributed by atoms with Crippen LogP contribution in [0, 0.1) is 25.7 Å². The van der Waals surface area contributed by atoms with Gasteiger partial charge in [-0.15, -0.1) is 0 Å². The molecule has 13 heavy (non-hydrogen) atoms. The second-order valence-corrected chi connectivity index (χ2v) is 4.31. The molecule has 78 valence electrons. The van der Waals surface area contributed by atoms with Crippen molar-refractivity contribution in [3.8, 4) is 0 Å². The number of hydrogen-bond acceptors (Lipinski definition) is 0. The van der Waals surface area contributed by atoms with Gasteiger partial charge in [-0.3, -0.25) is 0 Å². The van der Waals surface area contributed by atoms with Gasteiger partial charge in [0.05, 0.1) is 0 Å². The van der Waals surface area contributed by atoms with Crippen LogP contribution in [0.2, 0.25) is 0 Å². The summed E-state index contributed by atoms with van der Waals surface area (Å²) in [6, 6.07) is 0. The van der Waals surface area contributed by atoms with Gasteiger partial charge < -0.3 is 0 Å². The third kappa shape index (κ3) is 8.33. The molecule has 0 aromatic rings. The van der Waals surface area contributed by atoms with Gasteiger partial charge in [0.15, 0.2) is 0 Å². The second kappa shape index (κ2) is 8.59. The maximum atomic E-state index is 4.00. The van der Waals surface area contributed by atoms with Gasteiger partial charge in [-0.1, -0.05) is 72.6 Å². The fourth-order valence-corrected chi connectivity index (χ4v) is 1.77. The zero-order valence-corrected chi connectivity index (χ0v) is 9.52. The second-order valence-electron chi connectivity index (χ2n) is 4.31. The molecule has 2 atom stereocenters. The quantitative estimate of drug-likeness (QED) is 0.479. The Morgan fingerprint density at radius 2 is 1.69 bits per heavy atom. The molecule has 0 amide bonds. The third-order valence-electron chi connectivity index (χ3n) is 2.75. The Bertz CT molecular complexity index is 94.2. The van der Waals surface area contributed by atoms with Gasteiger partial charge in [0.1, 0.15) is 0 Å². The van der Waals surface area contributed by atoms with E-state index in [1.807, 2.05) is 0 Å². The molecule has 0 aliphatic heterocycles. The Morgan fingerprint density at radius 3 is 2.15 bits per heavy atom. The van der Waals surface area contributed by atoms with Gasteiger partial charge in [-0.05, 0) is 11.8 Å². The van der Waals surface area contributed by atoms with Crippen molar-refractivity contribution < 1.29 is 0 Å². The summed E-state index contributed by atoms with van der Waals surface area (Å²) in [6.07, 6.45) is 9.19. The largest absolute Gasteiger partial charge is 0.0651 e. The molecule has 0 saturated heterocycles. The molecule has 0 aromatic heterocycles. The summed E-state index contributed by atoms with van der Waals surface area (Å²) in [4.78, 5) is 0. The van der Waals surface area contributed by atoms with Gasteiger partial charge in [0.2, 0.25) is 0 Å². The van der Waals surface area contributed by atoms with Crippen molar-refractivity contribution >= 4 is 0 Å².